The van der Waals surface area contributed by atoms with Gasteiger partial charge in [-0.25, -0.2) is 0 Å². The van der Waals surface area contributed by atoms with E-state index in [0.29, 0.717) is 12.1 Å². The predicted molar refractivity (Wildman–Crippen MR) is 94.2 cm³/mol. The van der Waals surface area contributed by atoms with Crippen molar-refractivity contribution in [1.82, 2.24) is 10.2 Å². The van der Waals surface area contributed by atoms with Crippen molar-refractivity contribution >= 4 is 22.9 Å². The van der Waals surface area contributed by atoms with E-state index in [1.54, 1.807) is 11.3 Å². The molecule has 21 heavy (non-hydrogen) atoms. The molecule has 1 aromatic heterocycles. The molecule has 0 aromatic carbocycles. The molecule has 1 aliphatic rings. The molecule has 120 valence electrons. The van der Waals surface area contributed by atoms with E-state index in [1.165, 1.54) is 11.3 Å². The summed E-state index contributed by atoms with van der Waals surface area (Å²) in [5.74, 6) is 0.723. The van der Waals surface area contributed by atoms with Crippen molar-refractivity contribution in [2.24, 2.45) is 11.3 Å². The lowest BCUT2D eigenvalue weighted by molar-refractivity contribution is 0.0386. The molecule has 0 radical (unpaired) electrons. The molecule has 0 aliphatic carbocycles. The molecule has 0 spiro atoms. The first-order chi connectivity index (χ1) is 9.81. The Hall–Kier alpha value is -0.0900. The van der Waals surface area contributed by atoms with Crippen molar-refractivity contribution in [1.29, 1.82) is 0 Å². The quantitative estimate of drug-likeness (QED) is 0.866. The zero-order valence-corrected chi connectivity index (χ0v) is 15.5. The molecule has 0 amide bonds. The third kappa shape index (κ3) is 4.44. The monoisotopic (exact) mass is 328 g/mol. The van der Waals surface area contributed by atoms with Crippen molar-refractivity contribution in [2.75, 3.05) is 13.1 Å². The summed E-state index contributed by atoms with van der Waals surface area (Å²) in [5, 5.41) is 3.78. The van der Waals surface area contributed by atoms with E-state index in [9.17, 15) is 0 Å². The van der Waals surface area contributed by atoms with Crippen LogP contribution in [0, 0.1) is 11.3 Å². The molecule has 1 fully saturated rings. The van der Waals surface area contributed by atoms with Gasteiger partial charge in [-0.1, -0.05) is 52.6 Å². The van der Waals surface area contributed by atoms with E-state index in [4.69, 9.17) is 11.6 Å². The van der Waals surface area contributed by atoms with Crippen LogP contribution >= 0.6 is 22.9 Å². The topological polar surface area (TPSA) is 15.3 Å². The van der Waals surface area contributed by atoms with Crippen LogP contribution in [0.4, 0.5) is 0 Å². The molecule has 0 saturated carbocycles. The number of nitrogens with one attached hydrogen (secondary N) is 1. The highest BCUT2D eigenvalue weighted by Crippen LogP contribution is 2.31. The van der Waals surface area contributed by atoms with Crippen LogP contribution in [0.1, 0.15) is 45.9 Å². The maximum Gasteiger partial charge on any atom is 0.0931 e. The van der Waals surface area contributed by atoms with Gasteiger partial charge in [0.1, 0.15) is 0 Å². The van der Waals surface area contributed by atoms with Crippen LogP contribution in [0.3, 0.4) is 0 Å². The number of hydrogen-bond donors (Lipinski definition) is 1. The van der Waals surface area contributed by atoms with Gasteiger partial charge >= 0.3 is 0 Å². The number of halogens is 1. The minimum atomic E-state index is 0.286. The third-order valence-corrected chi connectivity index (χ3v) is 5.98. The van der Waals surface area contributed by atoms with Crippen LogP contribution in [-0.4, -0.2) is 30.1 Å². The molecule has 3 atom stereocenters. The molecule has 2 nitrogen and oxygen atoms in total. The second-order valence-electron chi connectivity index (χ2n) is 7.42. The summed E-state index contributed by atoms with van der Waals surface area (Å²) in [7, 11) is 0. The first-order valence-electron chi connectivity index (χ1n) is 8.03. The highest BCUT2D eigenvalue weighted by atomic mass is 35.5. The summed E-state index contributed by atoms with van der Waals surface area (Å²) >= 11 is 7.81. The Morgan fingerprint density at radius 3 is 2.67 bits per heavy atom. The maximum absolute atomic E-state index is 6.09. The zero-order valence-electron chi connectivity index (χ0n) is 13.9. The van der Waals surface area contributed by atoms with Crippen LogP contribution in [0.5, 0.6) is 0 Å². The third-order valence-electron chi connectivity index (χ3n) is 4.76. The van der Waals surface area contributed by atoms with Crippen molar-refractivity contribution in [3.8, 4) is 0 Å². The van der Waals surface area contributed by atoms with Crippen LogP contribution in [-0.2, 0) is 6.54 Å². The first-order valence-corrected chi connectivity index (χ1v) is 9.22. The molecule has 4 heteroatoms. The Kier molecular flexibility index (Phi) is 5.75. The van der Waals surface area contributed by atoms with E-state index in [-0.39, 0.29) is 5.41 Å². The van der Waals surface area contributed by atoms with Gasteiger partial charge in [-0.2, -0.15) is 0 Å². The van der Waals surface area contributed by atoms with Crippen LogP contribution in [0.15, 0.2) is 12.1 Å². The normalized spacial score (nSPS) is 26.0. The van der Waals surface area contributed by atoms with Crippen LogP contribution in [0.25, 0.3) is 0 Å². The number of piperazine rings is 1. The fourth-order valence-corrected chi connectivity index (χ4v) is 4.28. The average Bonchev–Trinajstić information content (AvgIpc) is 2.82. The Morgan fingerprint density at radius 1 is 1.43 bits per heavy atom. The fourth-order valence-electron chi connectivity index (χ4n) is 3.17. The molecule has 2 rings (SSSR count). The molecule has 2 heterocycles. The van der Waals surface area contributed by atoms with Gasteiger partial charge in [-0.3, -0.25) is 4.90 Å². The largest absolute Gasteiger partial charge is 0.311 e. The number of hydrogen-bond acceptors (Lipinski definition) is 3. The first kappa shape index (κ1) is 17.3. The lowest BCUT2D eigenvalue weighted by Crippen LogP contribution is -2.61. The molecular weight excluding hydrogens is 300 g/mol. The Balaban J connectivity index is 2.12. The SMILES string of the molecule is CCC(C)C1CN(Cc2ccc(Cl)s2)C(C(C)(C)C)CN1. The lowest BCUT2D eigenvalue weighted by atomic mass is 9.82. The predicted octanol–water partition coefficient (Wildman–Crippen LogP) is 4.64. The zero-order chi connectivity index (χ0) is 15.6. The Bertz CT molecular complexity index is 452. The molecule has 1 N–H and O–H groups in total. The minimum Gasteiger partial charge on any atom is -0.311 e. The molecule has 1 saturated heterocycles. The highest BCUT2D eigenvalue weighted by molar-refractivity contribution is 7.16. The number of thiophene rings is 1. The van der Waals surface area contributed by atoms with E-state index >= 15 is 0 Å². The number of rotatable bonds is 4. The average molecular weight is 329 g/mol. The van der Waals surface area contributed by atoms with Crippen molar-refractivity contribution in [3.63, 3.8) is 0 Å². The fraction of sp³-hybridized carbons (Fsp3) is 0.765. The van der Waals surface area contributed by atoms with Crippen molar-refractivity contribution in [3.05, 3.63) is 21.3 Å². The van der Waals surface area contributed by atoms with Gasteiger partial charge in [0.2, 0.25) is 0 Å². The van der Waals surface area contributed by atoms with Crippen LogP contribution < -0.4 is 5.32 Å². The molecule has 1 aliphatic heterocycles. The van der Waals surface area contributed by atoms with Crippen molar-refractivity contribution in [2.45, 2.75) is 59.7 Å². The van der Waals surface area contributed by atoms with Gasteiger partial charge in [0.05, 0.1) is 4.34 Å². The van der Waals surface area contributed by atoms with Gasteiger partial charge < -0.3 is 5.32 Å². The Morgan fingerprint density at radius 2 is 2.14 bits per heavy atom. The molecular formula is C17H29ClN2S. The van der Waals surface area contributed by atoms with Gasteiger partial charge in [0.15, 0.2) is 0 Å². The van der Waals surface area contributed by atoms with Gasteiger partial charge in [0.25, 0.3) is 0 Å². The minimum absolute atomic E-state index is 0.286. The Labute approximate surface area is 138 Å². The summed E-state index contributed by atoms with van der Waals surface area (Å²) < 4.78 is 0.894. The summed E-state index contributed by atoms with van der Waals surface area (Å²) in [6, 6.07) is 5.36. The van der Waals surface area contributed by atoms with E-state index < -0.39 is 0 Å². The van der Waals surface area contributed by atoms with Gasteiger partial charge in [-0.15, -0.1) is 11.3 Å². The van der Waals surface area contributed by atoms with E-state index in [0.717, 1.165) is 29.9 Å². The number of nitrogens with zero attached hydrogens (tertiary/aromatic N) is 1. The molecule has 3 unspecified atom stereocenters. The molecule has 1 aromatic rings. The van der Waals surface area contributed by atoms with E-state index in [1.807, 2.05) is 6.07 Å². The van der Waals surface area contributed by atoms with E-state index in [2.05, 4.69) is 50.9 Å². The standard InChI is InChI=1S/C17H29ClN2S/c1-6-12(2)14-11-20(10-13-7-8-16(18)21-13)15(9-19-14)17(3,4)5/h7-8,12,14-15,19H,6,9-11H2,1-5H3. The summed E-state index contributed by atoms with van der Waals surface area (Å²) in [4.78, 5) is 4.04. The summed E-state index contributed by atoms with van der Waals surface area (Å²) in [6.45, 7) is 14.9. The highest BCUT2D eigenvalue weighted by Gasteiger charge is 2.36. The second kappa shape index (κ2) is 6.99. The summed E-state index contributed by atoms with van der Waals surface area (Å²) in [5.41, 5.74) is 0.286. The van der Waals surface area contributed by atoms with Gasteiger partial charge in [0, 0.05) is 36.6 Å². The van der Waals surface area contributed by atoms with Crippen molar-refractivity contribution < 1.29 is 0 Å². The molecule has 0 bridgehead atoms. The lowest BCUT2D eigenvalue weighted by Gasteiger charge is -2.47. The summed E-state index contributed by atoms with van der Waals surface area (Å²) in [6.07, 6.45) is 1.23. The maximum atomic E-state index is 6.09. The smallest absolute Gasteiger partial charge is 0.0931 e. The second-order valence-corrected chi connectivity index (χ2v) is 9.22. The van der Waals surface area contributed by atoms with Gasteiger partial charge in [-0.05, 0) is 23.5 Å². The van der Waals surface area contributed by atoms with Crippen LogP contribution in [0.2, 0.25) is 4.34 Å².